The van der Waals surface area contributed by atoms with Crippen LogP contribution in [0.3, 0.4) is 0 Å². The van der Waals surface area contributed by atoms with Crippen LogP contribution in [0.5, 0.6) is 0 Å². The number of nitrogens with two attached hydrogens (primary N) is 1. The molecule has 3 N–H and O–H groups in total. The molecule has 0 atom stereocenters. The fourth-order valence-corrected chi connectivity index (χ4v) is 3.00. The van der Waals surface area contributed by atoms with Crippen LogP contribution in [0.1, 0.15) is 12.8 Å². The highest BCUT2D eigenvalue weighted by atomic mass is 35.5. The van der Waals surface area contributed by atoms with Crippen LogP contribution >= 0.6 is 12.4 Å². The molecule has 5 nitrogen and oxygen atoms in total. The van der Waals surface area contributed by atoms with E-state index in [9.17, 15) is 8.42 Å². The average Bonchev–Trinajstić information content (AvgIpc) is 2.01. The number of hydrogen-bond acceptors (Lipinski definition) is 4. The number of halogens is 1. The Morgan fingerprint density at radius 3 is 2.53 bits per heavy atom. The molecule has 0 aliphatic heterocycles. The molecule has 0 aromatic carbocycles. The summed E-state index contributed by atoms with van der Waals surface area (Å²) in [6.07, 6.45) is 1.65. The van der Waals surface area contributed by atoms with Gasteiger partial charge in [-0.2, -0.15) is 0 Å². The summed E-state index contributed by atoms with van der Waals surface area (Å²) in [5.41, 5.74) is 5.57. The van der Waals surface area contributed by atoms with Crippen LogP contribution in [0.25, 0.3) is 0 Å². The molecule has 1 aliphatic carbocycles. The Labute approximate surface area is 97.2 Å². The molecular weight excluding hydrogens is 240 g/mol. The van der Waals surface area contributed by atoms with E-state index in [0.29, 0.717) is 13.2 Å². The molecule has 15 heavy (non-hydrogen) atoms. The van der Waals surface area contributed by atoms with Gasteiger partial charge in [0.05, 0.1) is 12.4 Å². The highest BCUT2D eigenvalue weighted by Gasteiger charge is 2.29. The Morgan fingerprint density at radius 1 is 1.47 bits per heavy atom. The summed E-state index contributed by atoms with van der Waals surface area (Å²) in [6, 6.07) is 0.203. The first-order chi connectivity index (χ1) is 6.53. The quantitative estimate of drug-likeness (QED) is 0.642. The predicted octanol–water partition coefficient (Wildman–Crippen LogP) is -0.289. The van der Waals surface area contributed by atoms with Crippen molar-refractivity contribution in [2.75, 3.05) is 26.0 Å². The molecule has 0 saturated heterocycles. The van der Waals surface area contributed by atoms with Crippen molar-refractivity contribution in [1.29, 1.82) is 0 Å². The Morgan fingerprint density at radius 2 is 2.07 bits per heavy atom. The van der Waals surface area contributed by atoms with Crippen LogP contribution in [0, 0.1) is 5.92 Å². The molecular formula is C8H19ClN2O3S. The summed E-state index contributed by atoms with van der Waals surface area (Å²) >= 11 is 0. The second-order valence-corrected chi connectivity index (χ2v) is 5.62. The Kier molecular flexibility index (Phi) is 6.70. The number of ether oxygens (including phenoxy) is 1. The molecule has 0 radical (unpaired) electrons. The van der Waals surface area contributed by atoms with Crippen molar-refractivity contribution in [2.45, 2.75) is 18.9 Å². The van der Waals surface area contributed by atoms with Gasteiger partial charge in [0.1, 0.15) is 0 Å². The van der Waals surface area contributed by atoms with Gasteiger partial charge in [-0.25, -0.2) is 13.1 Å². The standard InChI is InChI=1S/C8H18N2O3S.ClH/c1-13-3-2-10-14(11,12)6-7-4-8(9)5-7;/h7-8,10H,2-6,9H2,1H3;1H. The lowest BCUT2D eigenvalue weighted by atomic mass is 9.82. The Bertz CT molecular complexity index is 265. The first kappa shape index (κ1) is 15.1. The SMILES string of the molecule is COCCNS(=O)(=O)CC1CC(N)C1.Cl. The summed E-state index contributed by atoms with van der Waals surface area (Å²) in [5.74, 6) is 0.440. The zero-order chi connectivity index (χ0) is 10.6. The molecule has 0 heterocycles. The van der Waals surface area contributed by atoms with E-state index in [1.165, 1.54) is 0 Å². The number of rotatable bonds is 6. The normalized spacial score (nSPS) is 25.5. The van der Waals surface area contributed by atoms with E-state index in [4.69, 9.17) is 10.5 Å². The van der Waals surface area contributed by atoms with Gasteiger partial charge in [0, 0.05) is 19.7 Å². The van der Waals surface area contributed by atoms with E-state index >= 15 is 0 Å². The molecule has 0 aromatic rings. The lowest BCUT2D eigenvalue weighted by Crippen LogP contribution is -2.42. The van der Waals surface area contributed by atoms with E-state index in [2.05, 4.69) is 4.72 Å². The topological polar surface area (TPSA) is 81.4 Å². The summed E-state index contributed by atoms with van der Waals surface area (Å²) in [5, 5.41) is 0. The predicted molar refractivity (Wildman–Crippen MR) is 61.6 cm³/mol. The van der Waals surface area contributed by atoms with Crippen LogP contribution in [-0.4, -0.2) is 40.5 Å². The van der Waals surface area contributed by atoms with Crippen LogP contribution in [0.2, 0.25) is 0 Å². The number of sulfonamides is 1. The van der Waals surface area contributed by atoms with Gasteiger partial charge >= 0.3 is 0 Å². The maximum atomic E-state index is 11.4. The number of hydrogen-bond donors (Lipinski definition) is 2. The van der Waals surface area contributed by atoms with Crippen molar-refractivity contribution < 1.29 is 13.2 Å². The van der Waals surface area contributed by atoms with Crippen LogP contribution in [-0.2, 0) is 14.8 Å². The van der Waals surface area contributed by atoms with Crippen LogP contribution in [0.4, 0.5) is 0 Å². The van der Waals surface area contributed by atoms with Crippen molar-refractivity contribution in [3.8, 4) is 0 Å². The van der Waals surface area contributed by atoms with Gasteiger partial charge in [-0.05, 0) is 18.8 Å². The molecule has 1 fully saturated rings. The minimum absolute atomic E-state index is 0. The molecule has 1 aliphatic rings. The third kappa shape index (κ3) is 5.67. The van der Waals surface area contributed by atoms with E-state index in [1.54, 1.807) is 7.11 Å². The lowest BCUT2D eigenvalue weighted by molar-refractivity contribution is 0.204. The molecule has 0 amide bonds. The second-order valence-electron chi connectivity index (χ2n) is 3.77. The van der Waals surface area contributed by atoms with Crippen molar-refractivity contribution in [1.82, 2.24) is 4.72 Å². The molecule has 0 bridgehead atoms. The van der Waals surface area contributed by atoms with Crippen molar-refractivity contribution in [3.05, 3.63) is 0 Å². The van der Waals surface area contributed by atoms with Gasteiger partial charge in [0.15, 0.2) is 0 Å². The average molecular weight is 259 g/mol. The van der Waals surface area contributed by atoms with E-state index in [0.717, 1.165) is 12.8 Å². The third-order valence-corrected chi connectivity index (χ3v) is 3.91. The minimum Gasteiger partial charge on any atom is -0.383 e. The van der Waals surface area contributed by atoms with Crippen LogP contribution in [0.15, 0.2) is 0 Å². The molecule has 92 valence electrons. The van der Waals surface area contributed by atoms with Crippen molar-refractivity contribution in [3.63, 3.8) is 0 Å². The summed E-state index contributed by atoms with van der Waals surface area (Å²) in [6.45, 7) is 0.751. The molecule has 0 aromatic heterocycles. The van der Waals surface area contributed by atoms with Crippen LogP contribution < -0.4 is 10.5 Å². The molecule has 7 heteroatoms. The smallest absolute Gasteiger partial charge is 0.211 e. The first-order valence-electron chi connectivity index (χ1n) is 4.75. The van der Waals surface area contributed by atoms with Gasteiger partial charge in [0.25, 0.3) is 0 Å². The van der Waals surface area contributed by atoms with E-state index in [-0.39, 0.29) is 30.1 Å². The highest BCUT2D eigenvalue weighted by Crippen LogP contribution is 2.26. The molecule has 1 rings (SSSR count). The number of nitrogens with one attached hydrogen (secondary N) is 1. The zero-order valence-electron chi connectivity index (χ0n) is 8.81. The largest absolute Gasteiger partial charge is 0.383 e. The zero-order valence-corrected chi connectivity index (χ0v) is 10.4. The van der Waals surface area contributed by atoms with Crippen molar-refractivity contribution in [2.24, 2.45) is 11.7 Å². The van der Waals surface area contributed by atoms with E-state index in [1.807, 2.05) is 0 Å². The monoisotopic (exact) mass is 258 g/mol. The van der Waals surface area contributed by atoms with Gasteiger partial charge in [-0.3, -0.25) is 0 Å². The summed E-state index contributed by atoms with van der Waals surface area (Å²) < 4.78 is 30.0. The fourth-order valence-electron chi connectivity index (χ4n) is 1.59. The molecule has 1 saturated carbocycles. The summed E-state index contributed by atoms with van der Waals surface area (Å²) in [7, 11) is -1.58. The van der Waals surface area contributed by atoms with Gasteiger partial charge in [0.2, 0.25) is 10.0 Å². The Balaban J connectivity index is 0.00000196. The second kappa shape index (κ2) is 6.65. The summed E-state index contributed by atoms with van der Waals surface area (Å²) in [4.78, 5) is 0. The lowest BCUT2D eigenvalue weighted by Gasteiger charge is -2.31. The molecule has 0 unspecified atom stereocenters. The minimum atomic E-state index is -3.12. The van der Waals surface area contributed by atoms with Gasteiger partial charge in [-0.15, -0.1) is 12.4 Å². The fraction of sp³-hybridized carbons (Fsp3) is 1.00. The maximum Gasteiger partial charge on any atom is 0.211 e. The van der Waals surface area contributed by atoms with Crippen molar-refractivity contribution >= 4 is 22.4 Å². The third-order valence-electron chi connectivity index (χ3n) is 2.36. The maximum absolute atomic E-state index is 11.4. The van der Waals surface area contributed by atoms with E-state index < -0.39 is 10.0 Å². The first-order valence-corrected chi connectivity index (χ1v) is 6.40. The molecule has 0 spiro atoms. The number of methoxy groups -OCH3 is 1. The van der Waals surface area contributed by atoms with Gasteiger partial charge in [-0.1, -0.05) is 0 Å². The van der Waals surface area contributed by atoms with Gasteiger partial charge < -0.3 is 10.5 Å². The highest BCUT2D eigenvalue weighted by molar-refractivity contribution is 7.89. The Hall–Kier alpha value is 0.120.